The van der Waals surface area contributed by atoms with Crippen LogP contribution in [-0.4, -0.2) is 66.6 Å². The maximum Gasteiger partial charge on any atom is 0.0701 e. The average Bonchev–Trinajstić information content (AvgIpc) is 2.39. The maximum absolute atomic E-state index is 5.41. The molecule has 0 aromatic heterocycles. The molecule has 0 N–H and O–H groups in total. The summed E-state index contributed by atoms with van der Waals surface area (Å²) in [5.41, 5.74) is 0. The van der Waals surface area contributed by atoms with Crippen molar-refractivity contribution < 1.29 is 23.7 Å². The summed E-state index contributed by atoms with van der Waals surface area (Å²) in [6.45, 7) is 8.20. The van der Waals surface area contributed by atoms with Gasteiger partial charge in [-0.2, -0.15) is 0 Å². The second-order valence-corrected chi connectivity index (χ2v) is 3.73. The van der Waals surface area contributed by atoms with Gasteiger partial charge in [0.05, 0.1) is 39.6 Å². The van der Waals surface area contributed by atoms with Crippen LogP contribution in [0.1, 0.15) is 19.8 Å². The number of hydrogen-bond acceptors (Lipinski definition) is 5. The molecule has 5 nitrogen and oxygen atoms in total. The maximum atomic E-state index is 5.41. The largest absolute Gasteiger partial charge is 0.382 e. The predicted octanol–water partition coefficient (Wildman–Crippen LogP) is 1.50. The standard InChI is InChI=1S/C13H28O5/c1-3-15-10-11-16-6-4-5-7-17-12-13-18-9-8-14-2/h3-13H2,1-2H3. The van der Waals surface area contributed by atoms with Gasteiger partial charge in [0, 0.05) is 26.9 Å². The Kier molecular flexibility index (Phi) is 16.6. The molecule has 0 aliphatic carbocycles. The Morgan fingerprint density at radius 2 is 1.00 bits per heavy atom. The van der Waals surface area contributed by atoms with E-state index in [0.717, 1.165) is 32.7 Å². The summed E-state index contributed by atoms with van der Waals surface area (Å²) in [5.74, 6) is 0. The molecular formula is C13H28O5. The highest BCUT2D eigenvalue weighted by Crippen LogP contribution is 1.92. The van der Waals surface area contributed by atoms with Crippen LogP contribution in [0.25, 0.3) is 0 Å². The van der Waals surface area contributed by atoms with Crippen LogP contribution in [0.5, 0.6) is 0 Å². The summed E-state index contributed by atoms with van der Waals surface area (Å²) in [4.78, 5) is 0. The van der Waals surface area contributed by atoms with Crippen LogP contribution in [-0.2, 0) is 23.7 Å². The molecule has 0 radical (unpaired) electrons. The molecule has 0 bridgehead atoms. The molecule has 18 heavy (non-hydrogen) atoms. The van der Waals surface area contributed by atoms with Gasteiger partial charge in [-0.3, -0.25) is 0 Å². The van der Waals surface area contributed by atoms with Crippen LogP contribution in [0.4, 0.5) is 0 Å². The van der Waals surface area contributed by atoms with Crippen LogP contribution < -0.4 is 0 Å². The van der Waals surface area contributed by atoms with Crippen LogP contribution in [0.3, 0.4) is 0 Å². The van der Waals surface area contributed by atoms with E-state index < -0.39 is 0 Å². The van der Waals surface area contributed by atoms with Crippen LogP contribution in [0.2, 0.25) is 0 Å². The highest BCUT2D eigenvalue weighted by atomic mass is 16.5. The molecule has 0 heterocycles. The van der Waals surface area contributed by atoms with Crippen LogP contribution in [0, 0.1) is 0 Å². The van der Waals surface area contributed by atoms with Gasteiger partial charge in [0.15, 0.2) is 0 Å². The van der Waals surface area contributed by atoms with Crippen molar-refractivity contribution in [2.75, 3.05) is 66.6 Å². The molecule has 0 spiro atoms. The van der Waals surface area contributed by atoms with Gasteiger partial charge in [-0.1, -0.05) is 0 Å². The average molecular weight is 264 g/mol. The van der Waals surface area contributed by atoms with E-state index in [1.165, 1.54) is 0 Å². The Labute approximate surface area is 111 Å². The lowest BCUT2D eigenvalue weighted by Gasteiger charge is -2.06. The minimum atomic E-state index is 0.632. The molecule has 5 heteroatoms. The first kappa shape index (κ1) is 17.8. The summed E-state index contributed by atoms with van der Waals surface area (Å²) in [7, 11) is 1.66. The summed E-state index contributed by atoms with van der Waals surface area (Å²) in [6.07, 6.45) is 2.05. The summed E-state index contributed by atoms with van der Waals surface area (Å²) < 4.78 is 26.1. The molecule has 0 saturated carbocycles. The van der Waals surface area contributed by atoms with Crippen molar-refractivity contribution in [1.82, 2.24) is 0 Å². The zero-order valence-electron chi connectivity index (χ0n) is 11.8. The van der Waals surface area contributed by atoms with Crippen molar-refractivity contribution in [3.05, 3.63) is 0 Å². The first-order valence-electron chi connectivity index (χ1n) is 6.71. The fourth-order valence-corrected chi connectivity index (χ4v) is 1.24. The van der Waals surface area contributed by atoms with E-state index in [1.54, 1.807) is 7.11 Å². The Hall–Kier alpha value is -0.200. The molecule has 0 amide bonds. The fourth-order valence-electron chi connectivity index (χ4n) is 1.24. The number of unbranched alkanes of at least 4 members (excludes halogenated alkanes) is 1. The van der Waals surface area contributed by atoms with Crippen LogP contribution in [0.15, 0.2) is 0 Å². The highest BCUT2D eigenvalue weighted by Gasteiger charge is 1.92. The zero-order chi connectivity index (χ0) is 13.3. The van der Waals surface area contributed by atoms with E-state index in [1.807, 2.05) is 6.92 Å². The van der Waals surface area contributed by atoms with E-state index in [0.29, 0.717) is 39.6 Å². The molecule has 0 aromatic carbocycles. The van der Waals surface area contributed by atoms with Crippen molar-refractivity contribution in [3.8, 4) is 0 Å². The normalized spacial score (nSPS) is 11.0. The van der Waals surface area contributed by atoms with Crippen molar-refractivity contribution in [2.45, 2.75) is 19.8 Å². The number of rotatable bonds is 15. The monoisotopic (exact) mass is 264 g/mol. The zero-order valence-corrected chi connectivity index (χ0v) is 11.8. The highest BCUT2D eigenvalue weighted by molar-refractivity contribution is 4.39. The van der Waals surface area contributed by atoms with Gasteiger partial charge in [0.2, 0.25) is 0 Å². The Morgan fingerprint density at radius 1 is 0.556 bits per heavy atom. The molecule has 0 saturated heterocycles. The van der Waals surface area contributed by atoms with Gasteiger partial charge < -0.3 is 23.7 Å². The van der Waals surface area contributed by atoms with Crippen LogP contribution >= 0.6 is 0 Å². The Morgan fingerprint density at radius 3 is 1.50 bits per heavy atom. The molecule has 0 aliphatic heterocycles. The first-order valence-corrected chi connectivity index (χ1v) is 6.71. The molecule has 0 unspecified atom stereocenters. The Bertz CT molecular complexity index is 127. The summed E-state index contributed by atoms with van der Waals surface area (Å²) in [6, 6.07) is 0. The number of ether oxygens (including phenoxy) is 5. The molecule has 110 valence electrons. The molecule has 0 atom stereocenters. The minimum Gasteiger partial charge on any atom is -0.382 e. The third-order valence-electron chi connectivity index (χ3n) is 2.21. The second kappa shape index (κ2) is 16.8. The van der Waals surface area contributed by atoms with Crippen molar-refractivity contribution in [1.29, 1.82) is 0 Å². The molecule has 0 aromatic rings. The topological polar surface area (TPSA) is 46.2 Å². The molecule has 0 aliphatic rings. The smallest absolute Gasteiger partial charge is 0.0701 e. The SMILES string of the molecule is CCOCCOCCCCOCCOCCOC. The van der Waals surface area contributed by atoms with Gasteiger partial charge >= 0.3 is 0 Å². The van der Waals surface area contributed by atoms with Gasteiger partial charge in [-0.15, -0.1) is 0 Å². The minimum absolute atomic E-state index is 0.632. The molecular weight excluding hydrogens is 236 g/mol. The van der Waals surface area contributed by atoms with Gasteiger partial charge in [0.1, 0.15) is 0 Å². The summed E-state index contributed by atoms with van der Waals surface area (Å²) in [5, 5.41) is 0. The predicted molar refractivity (Wildman–Crippen MR) is 70.1 cm³/mol. The van der Waals surface area contributed by atoms with Crippen molar-refractivity contribution in [3.63, 3.8) is 0 Å². The van der Waals surface area contributed by atoms with E-state index >= 15 is 0 Å². The van der Waals surface area contributed by atoms with E-state index in [9.17, 15) is 0 Å². The van der Waals surface area contributed by atoms with E-state index in [2.05, 4.69) is 0 Å². The lowest BCUT2D eigenvalue weighted by Crippen LogP contribution is -2.09. The molecule has 0 rings (SSSR count). The quantitative estimate of drug-likeness (QED) is 0.419. The Balaban J connectivity index is 2.86. The third kappa shape index (κ3) is 15.8. The molecule has 0 fully saturated rings. The van der Waals surface area contributed by atoms with E-state index in [4.69, 9.17) is 23.7 Å². The first-order chi connectivity index (χ1) is 8.91. The third-order valence-corrected chi connectivity index (χ3v) is 2.21. The second-order valence-electron chi connectivity index (χ2n) is 3.73. The summed E-state index contributed by atoms with van der Waals surface area (Å²) >= 11 is 0. The van der Waals surface area contributed by atoms with Gasteiger partial charge in [-0.25, -0.2) is 0 Å². The van der Waals surface area contributed by atoms with E-state index in [-0.39, 0.29) is 0 Å². The lowest BCUT2D eigenvalue weighted by molar-refractivity contribution is 0.0205. The van der Waals surface area contributed by atoms with Gasteiger partial charge in [-0.05, 0) is 19.8 Å². The number of methoxy groups -OCH3 is 1. The number of hydrogen-bond donors (Lipinski definition) is 0. The lowest BCUT2D eigenvalue weighted by atomic mass is 10.3. The fraction of sp³-hybridized carbons (Fsp3) is 1.00. The van der Waals surface area contributed by atoms with Crippen molar-refractivity contribution in [2.24, 2.45) is 0 Å². The van der Waals surface area contributed by atoms with Crippen molar-refractivity contribution >= 4 is 0 Å². The van der Waals surface area contributed by atoms with Gasteiger partial charge in [0.25, 0.3) is 0 Å².